The lowest BCUT2D eigenvalue weighted by Gasteiger charge is -2.05. The van der Waals surface area contributed by atoms with Crippen LogP contribution in [0.4, 0.5) is 5.82 Å². The summed E-state index contributed by atoms with van der Waals surface area (Å²) in [4.78, 5) is 3.90. The van der Waals surface area contributed by atoms with Gasteiger partial charge in [0.2, 0.25) is 0 Å². The molecule has 0 aliphatic rings. The molecule has 1 unspecified atom stereocenters. The molecule has 1 heterocycles. The van der Waals surface area contributed by atoms with E-state index in [1.54, 1.807) is 13.1 Å². The third-order valence-corrected chi connectivity index (χ3v) is 1.44. The molecule has 11 heavy (non-hydrogen) atoms. The van der Waals surface area contributed by atoms with Crippen LogP contribution in [-0.4, -0.2) is 16.2 Å². The van der Waals surface area contributed by atoms with Gasteiger partial charge in [-0.1, -0.05) is 6.07 Å². The fourth-order valence-electron chi connectivity index (χ4n) is 0.942. The van der Waals surface area contributed by atoms with Gasteiger partial charge in [-0.3, -0.25) is 0 Å². The smallest absolute Gasteiger partial charge is 0.126 e. The molecular formula is C8H12N2O. The molecule has 0 aromatic carbocycles. The molecule has 0 spiro atoms. The first-order valence-corrected chi connectivity index (χ1v) is 3.57. The van der Waals surface area contributed by atoms with Crippen LogP contribution in [0.5, 0.6) is 0 Å². The number of nitrogens with zero attached hydrogens (tertiary/aromatic N) is 1. The SMILES string of the molecule is CC(O)Cc1cccnc1N. The lowest BCUT2D eigenvalue weighted by molar-refractivity contribution is 0.195. The Balaban J connectivity index is 2.78. The maximum atomic E-state index is 9.05. The molecule has 0 bridgehead atoms. The summed E-state index contributed by atoms with van der Waals surface area (Å²) < 4.78 is 0. The maximum absolute atomic E-state index is 9.05. The van der Waals surface area contributed by atoms with E-state index < -0.39 is 0 Å². The first-order valence-electron chi connectivity index (χ1n) is 3.57. The summed E-state index contributed by atoms with van der Waals surface area (Å²) in [5.41, 5.74) is 6.45. The molecule has 1 aromatic heterocycles. The van der Waals surface area contributed by atoms with Gasteiger partial charge in [0.1, 0.15) is 5.82 Å². The zero-order valence-corrected chi connectivity index (χ0v) is 6.49. The zero-order chi connectivity index (χ0) is 8.27. The van der Waals surface area contributed by atoms with E-state index in [9.17, 15) is 0 Å². The fraction of sp³-hybridized carbons (Fsp3) is 0.375. The minimum absolute atomic E-state index is 0.360. The van der Waals surface area contributed by atoms with Crippen molar-refractivity contribution in [2.24, 2.45) is 0 Å². The van der Waals surface area contributed by atoms with Crippen molar-refractivity contribution < 1.29 is 5.11 Å². The van der Waals surface area contributed by atoms with E-state index in [2.05, 4.69) is 4.98 Å². The molecule has 60 valence electrons. The van der Waals surface area contributed by atoms with Gasteiger partial charge in [0.15, 0.2) is 0 Å². The van der Waals surface area contributed by atoms with Crippen LogP contribution < -0.4 is 5.73 Å². The van der Waals surface area contributed by atoms with E-state index in [0.29, 0.717) is 12.2 Å². The summed E-state index contributed by atoms with van der Waals surface area (Å²) in [6.45, 7) is 1.73. The standard InChI is InChI=1S/C8H12N2O/c1-6(11)5-7-3-2-4-10-8(7)9/h2-4,6,11H,5H2,1H3,(H2,9,10). The second-order valence-corrected chi connectivity index (χ2v) is 2.60. The van der Waals surface area contributed by atoms with Gasteiger partial charge in [0.25, 0.3) is 0 Å². The Hall–Kier alpha value is -1.09. The number of nitrogen functional groups attached to an aromatic ring is 1. The van der Waals surface area contributed by atoms with Crippen LogP contribution in [-0.2, 0) is 6.42 Å². The van der Waals surface area contributed by atoms with Crippen LogP contribution in [0, 0.1) is 0 Å². The molecule has 0 aliphatic heterocycles. The Morgan fingerprint density at radius 2 is 2.45 bits per heavy atom. The van der Waals surface area contributed by atoms with Crippen molar-refractivity contribution in [2.45, 2.75) is 19.4 Å². The van der Waals surface area contributed by atoms with Crippen molar-refractivity contribution in [3.8, 4) is 0 Å². The summed E-state index contributed by atoms with van der Waals surface area (Å²) >= 11 is 0. The van der Waals surface area contributed by atoms with E-state index in [1.165, 1.54) is 0 Å². The minimum Gasteiger partial charge on any atom is -0.393 e. The Kier molecular flexibility index (Phi) is 2.44. The number of rotatable bonds is 2. The summed E-state index contributed by atoms with van der Waals surface area (Å²) in [6.07, 6.45) is 1.85. The van der Waals surface area contributed by atoms with Gasteiger partial charge < -0.3 is 10.8 Å². The van der Waals surface area contributed by atoms with Crippen molar-refractivity contribution in [1.29, 1.82) is 0 Å². The number of hydrogen-bond acceptors (Lipinski definition) is 3. The molecule has 0 aliphatic carbocycles. The second-order valence-electron chi connectivity index (χ2n) is 2.60. The molecule has 1 aromatic rings. The van der Waals surface area contributed by atoms with Gasteiger partial charge in [0.05, 0.1) is 6.10 Å². The van der Waals surface area contributed by atoms with Gasteiger partial charge in [-0.05, 0) is 18.6 Å². The maximum Gasteiger partial charge on any atom is 0.126 e. The number of pyridine rings is 1. The number of anilines is 1. The molecule has 0 fully saturated rings. The van der Waals surface area contributed by atoms with Crippen LogP contribution in [0.3, 0.4) is 0 Å². The molecule has 0 amide bonds. The molecule has 0 saturated carbocycles. The predicted octanol–water partition coefficient (Wildman–Crippen LogP) is 0.587. The summed E-state index contributed by atoms with van der Waals surface area (Å²) in [7, 11) is 0. The third kappa shape index (κ3) is 2.20. The Morgan fingerprint density at radius 3 is 3.00 bits per heavy atom. The number of aromatic nitrogens is 1. The number of aliphatic hydroxyl groups is 1. The fourth-order valence-corrected chi connectivity index (χ4v) is 0.942. The first-order chi connectivity index (χ1) is 5.20. The predicted molar refractivity (Wildman–Crippen MR) is 44.0 cm³/mol. The minimum atomic E-state index is -0.360. The molecule has 3 heteroatoms. The van der Waals surface area contributed by atoms with Crippen molar-refractivity contribution in [3.63, 3.8) is 0 Å². The van der Waals surface area contributed by atoms with Gasteiger partial charge in [0, 0.05) is 12.6 Å². The quantitative estimate of drug-likeness (QED) is 0.652. The molecular weight excluding hydrogens is 140 g/mol. The van der Waals surface area contributed by atoms with E-state index in [-0.39, 0.29) is 6.10 Å². The zero-order valence-electron chi connectivity index (χ0n) is 6.49. The second kappa shape index (κ2) is 3.34. The topological polar surface area (TPSA) is 59.1 Å². The first kappa shape index (κ1) is 8.01. The lowest BCUT2D eigenvalue weighted by Crippen LogP contribution is -2.07. The highest BCUT2D eigenvalue weighted by molar-refractivity contribution is 5.38. The van der Waals surface area contributed by atoms with Gasteiger partial charge in [-0.25, -0.2) is 4.98 Å². The molecule has 3 nitrogen and oxygen atoms in total. The van der Waals surface area contributed by atoms with E-state index >= 15 is 0 Å². The van der Waals surface area contributed by atoms with Crippen molar-refractivity contribution in [1.82, 2.24) is 4.98 Å². The average Bonchev–Trinajstić information content (AvgIpc) is 1.93. The van der Waals surface area contributed by atoms with E-state index in [4.69, 9.17) is 10.8 Å². The summed E-state index contributed by atoms with van der Waals surface area (Å²) in [6, 6.07) is 3.68. The highest BCUT2D eigenvalue weighted by Gasteiger charge is 2.01. The Labute approximate surface area is 65.9 Å². The van der Waals surface area contributed by atoms with Crippen LogP contribution in [0.15, 0.2) is 18.3 Å². The Bertz CT molecular complexity index is 235. The van der Waals surface area contributed by atoms with Gasteiger partial charge in [-0.15, -0.1) is 0 Å². The average molecular weight is 152 g/mol. The van der Waals surface area contributed by atoms with Crippen LogP contribution in [0.2, 0.25) is 0 Å². The molecule has 3 N–H and O–H groups in total. The summed E-state index contributed by atoms with van der Waals surface area (Å²) in [5, 5.41) is 9.05. The lowest BCUT2D eigenvalue weighted by atomic mass is 10.1. The Morgan fingerprint density at radius 1 is 1.73 bits per heavy atom. The van der Waals surface area contributed by atoms with E-state index in [1.807, 2.05) is 12.1 Å². The highest BCUT2D eigenvalue weighted by Crippen LogP contribution is 2.08. The van der Waals surface area contributed by atoms with Gasteiger partial charge in [-0.2, -0.15) is 0 Å². The number of aliphatic hydroxyl groups excluding tert-OH is 1. The molecule has 0 saturated heterocycles. The number of hydrogen-bond donors (Lipinski definition) is 2. The molecule has 1 rings (SSSR count). The summed E-state index contributed by atoms with van der Waals surface area (Å²) in [5.74, 6) is 0.508. The van der Waals surface area contributed by atoms with Crippen LogP contribution >= 0.6 is 0 Å². The number of nitrogens with two attached hydrogens (primary N) is 1. The van der Waals surface area contributed by atoms with Crippen molar-refractivity contribution >= 4 is 5.82 Å². The van der Waals surface area contributed by atoms with Gasteiger partial charge >= 0.3 is 0 Å². The van der Waals surface area contributed by atoms with Crippen molar-refractivity contribution in [2.75, 3.05) is 5.73 Å². The third-order valence-electron chi connectivity index (χ3n) is 1.44. The highest BCUT2D eigenvalue weighted by atomic mass is 16.3. The monoisotopic (exact) mass is 152 g/mol. The normalized spacial score (nSPS) is 12.9. The van der Waals surface area contributed by atoms with Crippen molar-refractivity contribution in [3.05, 3.63) is 23.9 Å². The molecule has 1 atom stereocenters. The van der Waals surface area contributed by atoms with E-state index in [0.717, 1.165) is 5.56 Å². The van der Waals surface area contributed by atoms with Crippen LogP contribution in [0.25, 0.3) is 0 Å². The van der Waals surface area contributed by atoms with Crippen LogP contribution in [0.1, 0.15) is 12.5 Å². The molecule has 0 radical (unpaired) electrons. The largest absolute Gasteiger partial charge is 0.393 e.